The molecule has 1 aromatic carbocycles. The third-order valence-electron chi connectivity index (χ3n) is 2.61. The molecule has 1 aromatic heterocycles. The summed E-state index contributed by atoms with van der Waals surface area (Å²) in [5.41, 5.74) is 6.69. The van der Waals surface area contributed by atoms with Crippen molar-refractivity contribution in [3.05, 3.63) is 39.8 Å². The third-order valence-corrected chi connectivity index (χ3v) is 3.49. The van der Waals surface area contributed by atoms with E-state index in [0.717, 1.165) is 26.9 Å². The monoisotopic (exact) mass is 278 g/mol. The first-order valence-electron chi connectivity index (χ1n) is 6.23. The topological polar surface area (TPSA) is 57.4 Å². The fourth-order valence-electron chi connectivity index (χ4n) is 1.77. The van der Waals surface area contributed by atoms with E-state index in [-0.39, 0.29) is 0 Å². The van der Waals surface area contributed by atoms with Gasteiger partial charge >= 0.3 is 0 Å². The molecule has 1 heterocycles. The largest absolute Gasteiger partial charge is 0.490 e. The molecule has 2 aromatic rings. The van der Waals surface area contributed by atoms with Gasteiger partial charge in [0.1, 0.15) is 6.61 Å². The lowest BCUT2D eigenvalue weighted by molar-refractivity contribution is 0.268. The fourth-order valence-corrected chi connectivity index (χ4v) is 2.48. The summed E-state index contributed by atoms with van der Waals surface area (Å²) >= 11 is 1.63. The van der Waals surface area contributed by atoms with Gasteiger partial charge in [-0.2, -0.15) is 0 Å². The molecule has 0 amide bonds. The van der Waals surface area contributed by atoms with Gasteiger partial charge in [-0.3, -0.25) is 0 Å². The lowest BCUT2D eigenvalue weighted by atomic mass is 10.2. The average Bonchev–Trinajstić information content (AvgIpc) is 2.83. The first kappa shape index (κ1) is 13.8. The molecule has 0 aliphatic rings. The van der Waals surface area contributed by atoms with Crippen LogP contribution in [0.5, 0.6) is 11.5 Å². The summed E-state index contributed by atoms with van der Waals surface area (Å²) in [7, 11) is 0. The van der Waals surface area contributed by atoms with Crippen molar-refractivity contribution < 1.29 is 9.47 Å². The maximum atomic E-state index is 5.88. The second kappa shape index (κ2) is 6.54. The van der Waals surface area contributed by atoms with E-state index in [1.54, 1.807) is 11.3 Å². The van der Waals surface area contributed by atoms with Crippen LogP contribution in [-0.4, -0.2) is 11.6 Å². The zero-order chi connectivity index (χ0) is 13.7. The number of aryl methyl sites for hydroxylation is 1. The van der Waals surface area contributed by atoms with Crippen molar-refractivity contribution in [2.75, 3.05) is 6.61 Å². The van der Waals surface area contributed by atoms with Crippen molar-refractivity contribution in [1.29, 1.82) is 0 Å². The summed E-state index contributed by atoms with van der Waals surface area (Å²) in [6.45, 7) is 5.45. The van der Waals surface area contributed by atoms with Crippen LogP contribution in [0.1, 0.15) is 22.4 Å². The second-order valence-corrected chi connectivity index (χ2v) is 5.34. The van der Waals surface area contributed by atoms with E-state index in [1.165, 1.54) is 0 Å². The van der Waals surface area contributed by atoms with Gasteiger partial charge in [-0.25, -0.2) is 4.98 Å². The van der Waals surface area contributed by atoms with Crippen molar-refractivity contribution in [3.8, 4) is 11.5 Å². The number of nitrogens with two attached hydrogens (primary N) is 1. The summed E-state index contributed by atoms with van der Waals surface area (Å²) in [4.78, 5) is 5.30. The van der Waals surface area contributed by atoms with E-state index in [9.17, 15) is 0 Å². The van der Waals surface area contributed by atoms with Crippen molar-refractivity contribution in [2.45, 2.75) is 27.0 Å². The summed E-state index contributed by atoms with van der Waals surface area (Å²) in [6, 6.07) is 5.78. The molecule has 0 spiro atoms. The van der Waals surface area contributed by atoms with Gasteiger partial charge in [0.25, 0.3) is 0 Å². The van der Waals surface area contributed by atoms with Crippen LogP contribution in [-0.2, 0) is 13.2 Å². The van der Waals surface area contributed by atoms with Crippen molar-refractivity contribution in [3.63, 3.8) is 0 Å². The highest BCUT2D eigenvalue weighted by Gasteiger charge is 2.10. The normalized spacial score (nSPS) is 10.5. The maximum absolute atomic E-state index is 5.88. The molecule has 0 unspecified atom stereocenters. The third kappa shape index (κ3) is 3.45. The standard InChI is InChI=1S/C14H18N2O2S/c1-3-17-13-6-4-5-11(7-15)14(13)18-9-12-8-16-10(2)19-12/h4-6,8H,3,7,9,15H2,1-2H3. The summed E-state index contributed by atoms with van der Waals surface area (Å²) < 4.78 is 11.5. The highest BCUT2D eigenvalue weighted by atomic mass is 32.1. The Balaban J connectivity index is 2.17. The lowest BCUT2D eigenvalue weighted by Gasteiger charge is -2.14. The molecule has 0 saturated heterocycles. The van der Waals surface area contributed by atoms with Gasteiger partial charge < -0.3 is 15.2 Å². The Hall–Kier alpha value is -1.59. The quantitative estimate of drug-likeness (QED) is 0.882. The number of benzene rings is 1. The van der Waals surface area contributed by atoms with Crippen molar-refractivity contribution >= 4 is 11.3 Å². The maximum Gasteiger partial charge on any atom is 0.166 e. The van der Waals surface area contributed by atoms with Crippen molar-refractivity contribution in [2.24, 2.45) is 5.73 Å². The second-order valence-electron chi connectivity index (χ2n) is 4.02. The zero-order valence-corrected chi connectivity index (χ0v) is 12.0. The zero-order valence-electron chi connectivity index (χ0n) is 11.2. The van der Waals surface area contributed by atoms with Crippen molar-refractivity contribution in [1.82, 2.24) is 4.98 Å². The Morgan fingerprint density at radius 3 is 2.79 bits per heavy atom. The summed E-state index contributed by atoms with van der Waals surface area (Å²) in [5.74, 6) is 1.48. The SMILES string of the molecule is CCOc1cccc(CN)c1OCc1cnc(C)s1. The van der Waals surface area contributed by atoms with E-state index in [2.05, 4.69) is 4.98 Å². The van der Waals surface area contributed by atoms with Gasteiger partial charge in [0.05, 0.1) is 16.5 Å². The number of thiazole rings is 1. The van der Waals surface area contributed by atoms with Crippen LogP contribution >= 0.6 is 11.3 Å². The minimum absolute atomic E-state index is 0.429. The van der Waals surface area contributed by atoms with Crippen LogP contribution in [0.3, 0.4) is 0 Å². The van der Waals surface area contributed by atoms with E-state index >= 15 is 0 Å². The van der Waals surface area contributed by atoms with Crippen LogP contribution in [0, 0.1) is 6.92 Å². The van der Waals surface area contributed by atoms with Gasteiger partial charge in [0.15, 0.2) is 11.5 Å². The van der Waals surface area contributed by atoms with Gasteiger partial charge in [0.2, 0.25) is 0 Å². The number of hydrogen-bond donors (Lipinski definition) is 1. The molecule has 2 rings (SSSR count). The first-order valence-corrected chi connectivity index (χ1v) is 7.05. The molecule has 19 heavy (non-hydrogen) atoms. The van der Waals surface area contributed by atoms with Crippen LogP contribution in [0.25, 0.3) is 0 Å². The molecular formula is C14H18N2O2S. The van der Waals surface area contributed by atoms with E-state index in [4.69, 9.17) is 15.2 Å². The minimum Gasteiger partial charge on any atom is -0.490 e. The van der Waals surface area contributed by atoms with Crippen LogP contribution in [0.4, 0.5) is 0 Å². The molecule has 0 fully saturated rings. The van der Waals surface area contributed by atoms with Gasteiger partial charge in [-0.15, -0.1) is 11.3 Å². The number of ether oxygens (including phenoxy) is 2. The Labute approximate surface area is 117 Å². The highest BCUT2D eigenvalue weighted by molar-refractivity contribution is 7.11. The highest BCUT2D eigenvalue weighted by Crippen LogP contribution is 2.32. The van der Waals surface area contributed by atoms with E-state index in [1.807, 2.05) is 38.2 Å². The van der Waals surface area contributed by atoms with E-state index in [0.29, 0.717) is 19.8 Å². The molecular weight excluding hydrogens is 260 g/mol. The average molecular weight is 278 g/mol. The van der Waals surface area contributed by atoms with E-state index < -0.39 is 0 Å². The van der Waals surface area contributed by atoms with Gasteiger partial charge in [-0.05, 0) is 19.9 Å². The predicted molar refractivity (Wildman–Crippen MR) is 76.7 cm³/mol. The van der Waals surface area contributed by atoms with Crippen LogP contribution < -0.4 is 15.2 Å². The van der Waals surface area contributed by atoms with Gasteiger partial charge in [-0.1, -0.05) is 12.1 Å². The molecule has 0 radical (unpaired) electrons. The summed E-state index contributed by atoms with van der Waals surface area (Å²) in [6.07, 6.45) is 1.84. The molecule has 0 aliphatic carbocycles. The smallest absolute Gasteiger partial charge is 0.166 e. The Morgan fingerprint density at radius 2 is 2.16 bits per heavy atom. The summed E-state index contributed by atoms with van der Waals surface area (Å²) in [5, 5.41) is 1.04. The molecule has 0 aliphatic heterocycles. The number of para-hydroxylation sites is 1. The number of rotatable bonds is 6. The molecule has 2 N–H and O–H groups in total. The molecule has 102 valence electrons. The van der Waals surface area contributed by atoms with Crippen LogP contribution in [0.2, 0.25) is 0 Å². The number of aromatic nitrogens is 1. The minimum atomic E-state index is 0.429. The first-order chi connectivity index (χ1) is 9.24. The predicted octanol–water partition coefficient (Wildman–Crippen LogP) is 2.89. The van der Waals surface area contributed by atoms with Crippen LogP contribution in [0.15, 0.2) is 24.4 Å². The Morgan fingerprint density at radius 1 is 1.32 bits per heavy atom. The molecule has 0 saturated carbocycles. The molecule has 0 atom stereocenters. The molecule has 0 bridgehead atoms. The lowest BCUT2D eigenvalue weighted by Crippen LogP contribution is -2.05. The molecule has 4 nitrogen and oxygen atoms in total. The fraction of sp³-hybridized carbons (Fsp3) is 0.357. The molecule has 5 heteroatoms. The number of hydrogen-bond acceptors (Lipinski definition) is 5. The Kier molecular flexibility index (Phi) is 4.76. The number of nitrogens with zero attached hydrogens (tertiary/aromatic N) is 1. The Bertz CT molecular complexity index is 540. The van der Waals surface area contributed by atoms with Gasteiger partial charge in [0, 0.05) is 18.3 Å².